The number of halogens is 2. The minimum Gasteiger partial charge on any atom is -0.256 e. The number of anilines is 2. The summed E-state index contributed by atoms with van der Waals surface area (Å²) in [6.45, 7) is -0.216. The van der Waals surface area contributed by atoms with Crippen molar-refractivity contribution in [3.8, 4) is 0 Å². The first kappa shape index (κ1) is 21.4. The Balaban J connectivity index is 1.46. The molecule has 0 saturated carbocycles. The number of para-hydroxylation sites is 2. The Morgan fingerprint density at radius 3 is 1.57 bits per heavy atom. The number of hydrogen-bond donors (Lipinski definition) is 0. The van der Waals surface area contributed by atoms with E-state index < -0.39 is 21.8 Å². The maximum Gasteiger partial charge on any atom is 0.327 e. The highest BCUT2D eigenvalue weighted by atomic mass is 32.2. The Morgan fingerprint density at radius 1 is 0.657 bits per heavy atom. The van der Waals surface area contributed by atoms with Gasteiger partial charge in [-0.3, -0.25) is 9.97 Å². The predicted molar refractivity (Wildman–Crippen MR) is 131 cm³/mol. The minimum atomic E-state index is -4.08. The van der Waals surface area contributed by atoms with Gasteiger partial charge in [0.15, 0.2) is 0 Å². The van der Waals surface area contributed by atoms with Gasteiger partial charge >= 0.3 is 10.2 Å². The molecule has 0 atom stereocenters. The van der Waals surface area contributed by atoms with Crippen molar-refractivity contribution in [2.75, 3.05) is 8.61 Å². The van der Waals surface area contributed by atoms with Crippen LogP contribution in [-0.2, 0) is 23.3 Å². The zero-order chi connectivity index (χ0) is 24.2. The average molecular weight is 489 g/mol. The second-order valence-corrected chi connectivity index (χ2v) is 10.1. The van der Waals surface area contributed by atoms with Crippen molar-refractivity contribution in [1.29, 1.82) is 0 Å². The number of benzene rings is 3. The molecule has 0 spiro atoms. The molecule has 0 amide bonds. The number of pyridine rings is 2. The Hall–Kier alpha value is -4.11. The van der Waals surface area contributed by atoms with Gasteiger partial charge in [-0.25, -0.2) is 17.4 Å². The summed E-state index contributed by atoms with van der Waals surface area (Å²) >= 11 is 0. The lowest BCUT2D eigenvalue weighted by atomic mass is 10.1. The van der Waals surface area contributed by atoms with Crippen LogP contribution < -0.4 is 8.61 Å². The Bertz CT molecular complexity index is 1610. The maximum absolute atomic E-state index is 14.4. The van der Waals surface area contributed by atoms with E-state index in [1.54, 1.807) is 60.9 Å². The van der Waals surface area contributed by atoms with Crippen LogP contribution in [0.2, 0.25) is 0 Å². The molecule has 5 aromatic rings. The molecular weight excluding hydrogens is 470 g/mol. The van der Waals surface area contributed by atoms with Gasteiger partial charge in [0, 0.05) is 34.3 Å². The molecule has 1 aliphatic rings. The molecule has 6 rings (SSSR count). The van der Waals surface area contributed by atoms with E-state index in [1.807, 2.05) is 0 Å². The molecule has 1 aliphatic heterocycles. The molecule has 3 heterocycles. The third kappa shape index (κ3) is 3.55. The highest BCUT2D eigenvalue weighted by molar-refractivity contribution is 7.94. The molecule has 2 aromatic heterocycles. The van der Waals surface area contributed by atoms with Crippen LogP contribution in [0.3, 0.4) is 0 Å². The second kappa shape index (κ2) is 7.99. The number of fused-ring (bicyclic) bond motifs is 3. The van der Waals surface area contributed by atoms with E-state index in [4.69, 9.17) is 0 Å². The molecule has 35 heavy (non-hydrogen) atoms. The summed E-state index contributed by atoms with van der Waals surface area (Å²) in [7, 11) is -4.08. The molecule has 0 bridgehead atoms. The van der Waals surface area contributed by atoms with Gasteiger partial charge in [0.1, 0.15) is 11.6 Å². The molecule has 9 heteroatoms. The van der Waals surface area contributed by atoms with Gasteiger partial charge in [-0.05, 0) is 48.5 Å². The van der Waals surface area contributed by atoms with Crippen LogP contribution in [-0.4, -0.2) is 18.4 Å². The van der Waals surface area contributed by atoms with Crippen LogP contribution >= 0.6 is 0 Å². The summed E-state index contributed by atoms with van der Waals surface area (Å²) in [5.74, 6) is -0.945. The monoisotopic (exact) mass is 488 g/mol. The summed E-state index contributed by atoms with van der Waals surface area (Å²) in [6, 6.07) is 19.1. The third-order valence-electron chi connectivity index (χ3n) is 6.10. The third-order valence-corrected chi connectivity index (χ3v) is 7.87. The minimum absolute atomic E-state index is 0.108. The summed E-state index contributed by atoms with van der Waals surface area (Å²) in [6.07, 6.45) is 3.18. The Labute approximate surface area is 200 Å². The standard InChI is InChI=1S/C26H18F2N4O2S/c27-21-11-17-5-3-9-29-25(17)19(13-21)15-31-23-7-1-2-8-24(23)32(35(31,33)34)16-20-14-22(28)12-18-6-4-10-30-26(18)20/h1-14H,15-16H2. The number of aromatic nitrogens is 2. The second-order valence-electron chi connectivity index (χ2n) is 8.29. The molecule has 0 unspecified atom stereocenters. The van der Waals surface area contributed by atoms with E-state index in [-0.39, 0.29) is 13.1 Å². The lowest BCUT2D eigenvalue weighted by Gasteiger charge is -2.22. The summed E-state index contributed by atoms with van der Waals surface area (Å²) in [5, 5.41) is 1.17. The van der Waals surface area contributed by atoms with Crippen molar-refractivity contribution < 1.29 is 17.2 Å². The molecule has 174 valence electrons. The smallest absolute Gasteiger partial charge is 0.256 e. The molecule has 0 aliphatic carbocycles. The fraction of sp³-hybridized carbons (Fsp3) is 0.0769. The van der Waals surface area contributed by atoms with Gasteiger partial charge in [0.05, 0.1) is 35.5 Å². The normalized spacial score (nSPS) is 14.6. The fourth-order valence-electron chi connectivity index (χ4n) is 4.59. The van der Waals surface area contributed by atoms with Gasteiger partial charge < -0.3 is 0 Å². The first-order valence-corrected chi connectivity index (χ1v) is 12.3. The largest absolute Gasteiger partial charge is 0.327 e. The van der Waals surface area contributed by atoms with E-state index in [2.05, 4.69) is 9.97 Å². The van der Waals surface area contributed by atoms with Gasteiger partial charge in [-0.15, -0.1) is 0 Å². The Kier molecular flexibility index (Phi) is 4.89. The van der Waals surface area contributed by atoms with E-state index in [0.29, 0.717) is 44.3 Å². The molecule has 0 fully saturated rings. The highest BCUT2D eigenvalue weighted by Gasteiger charge is 2.40. The van der Waals surface area contributed by atoms with Gasteiger partial charge in [0.25, 0.3) is 0 Å². The molecule has 0 N–H and O–H groups in total. The molecule has 6 nitrogen and oxygen atoms in total. The van der Waals surface area contributed by atoms with E-state index >= 15 is 0 Å². The highest BCUT2D eigenvalue weighted by Crippen LogP contribution is 2.43. The topological polar surface area (TPSA) is 66.4 Å². The van der Waals surface area contributed by atoms with Crippen LogP contribution in [0.15, 0.2) is 85.2 Å². The first-order chi connectivity index (χ1) is 16.9. The number of rotatable bonds is 4. The van der Waals surface area contributed by atoms with Crippen molar-refractivity contribution in [1.82, 2.24) is 9.97 Å². The lowest BCUT2D eigenvalue weighted by molar-refractivity contribution is 0.587. The van der Waals surface area contributed by atoms with E-state index in [1.165, 1.54) is 32.9 Å². The molecular formula is C26H18F2N4O2S. The quantitative estimate of drug-likeness (QED) is 0.343. The van der Waals surface area contributed by atoms with Crippen molar-refractivity contribution in [2.24, 2.45) is 0 Å². The zero-order valence-electron chi connectivity index (χ0n) is 18.3. The van der Waals surface area contributed by atoms with E-state index in [9.17, 15) is 17.2 Å². The summed E-state index contributed by atoms with van der Waals surface area (Å²) in [4.78, 5) is 8.69. The Morgan fingerprint density at radius 2 is 1.11 bits per heavy atom. The van der Waals surface area contributed by atoms with Crippen molar-refractivity contribution in [3.63, 3.8) is 0 Å². The first-order valence-electron chi connectivity index (χ1n) is 10.9. The zero-order valence-corrected chi connectivity index (χ0v) is 19.1. The molecule has 0 radical (unpaired) electrons. The fourth-order valence-corrected chi connectivity index (χ4v) is 6.24. The van der Waals surface area contributed by atoms with Crippen LogP contribution in [0.1, 0.15) is 11.1 Å². The van der Waals surface area contributed by atoms with Gasteiger partial charge in [0.2, 0.25) is 0 Å². The van der Waals surface area contributed by atoms with Crippen LogP contribution in [0.4, 0.5) is 20.2 Å². The molecule has 3 aromatic carbocycles. The summed E-state index contributed by atoms with van der Waals surface area (Å²) in [5.41, 5.74) is 2.85. The number of nitrogens with zero attached hydrogens (tertiary/aromatic N) is 4. The van der Waals surface area contributed by atoms with E-state index in [0.717, 1.165) is 0 Å². The maximum atomic E-state index is 14.4. The lowest BCUT2D eigenvalue weighted by Crippen LogP contribution is -2.37. The van der Waals surface area contributed by atoms with Crippen LogP contribution in [0, 0.1) is 11.6 Å². The van der Waals surface area contributed by atoms with Gasteiger partial charge in [-0.1, -0.05) is 24.3 Å². The predicted octanol–water partition coefficient (Wildman–Crippen LogP) is 5.33. The van der Waals surface area contributed by atoms with Crippen molar-refractivity contribution in [2.45, 2.75) is 13.1 Å². The van der Waals surface area contributed by atoms with Gasteiger partial charge in [-0.2, -0.15) is 8.42 Å². The average Bonchev–Trinajstić information content (AvgIpc) is 3.05. The molecule has 0 saturated heterocycles. The summed E-state index contributed by atoms with van der Waals surface area (Å²) < 4.78 is 58.8. The van der Waals surface area contributed by atoms with Crippen LogP contribution in [0.25, 0.3) is 21.8 Å². The SMILES string of the molecule is O=S1(=O)N(Cc2cc(F)cc3cccnc23)c2ccccc2N1Cc1cc(F)cc2cccnc12. The van der Waals surface area contributed by atoms with Crippen LogP contribution in [0.5, 0.6) is 0 Å². The number of hydrogen-bond acceptors (Lipinski definition) is 4. The van der Waals surface area contributed by atoms with Crippen molar-refractivity contribution >= 4 is 43.4 Å². The van der Waals surface area contributed by atoms with Crippen molar-refractivity contribution in [3.05, 3.63) is 108 Å².